The van der Waals surface area contributed by atoms with Crippen LogP contribution in [-0.4, -0.2) is 24.0 Å². The van der Waals surface area contributed by atoms with E-state index in [4.69, 9.17) is 16.6 Å². The minimum absolute atomic E-state index is 0. The van der Waals surface area contributed by atoms with Gasteiger partial charge in [0, 0.05) is 35.6 Å². The van der Waals surface area contributed by atoms with Crippen molar-refractivity contribution < 1.29 is 4.79 Å². The molecule has 4 aromatic rings. The number of halogens is 2. The Labute approximate surface area is 205 Å². The van der Waals surface area contributed by atoms with Crippen molar-refractivity contribution in [3.05, 3.63) is 101 Å². The molecule has 168 valence electrons. The van der Waals surface area contributed by atoms with E-state index in [1.54, 1.807) is 12.1 Å². The van der Waals surface area contributed by atoms with Crippen molar-refractivity contribution in [1.82, 2.24) is 4.98 Å². The Balaban J connectivity index is 0.00000259. The fraction of sp³-hybridized carbons (Fsp3) is 0.185. The number of rotatable bonds is 4. The van der Waals surface area contributed by atoms with Crippen LogP contribution in [0.3, 0.4) is 0 Å². The van der Waals surface area contributed by atoms with Crippen molar-refractivity contribution in [2.75, 3.05) is 23.3 Å². The molecular formula is C27H25Cl2N3O. The number of anilines is 2. The first kappa shape index (κ1) is 23.1. The molecule has 0 spiro atoms. The Morgan fingerprint density at radius 1 is 1.03 bits per heavy atom. The van der Waals surface area contributed by atoms with Crippen LogP contribution in [0.2, 0.25) is 5.02 Å². The fourth-order valence-corrected chi connectivity index (χ4v) is 4.75. The summed E-state index contributed by atoms with van der Waals surface area (Å²) in [5.41, 5.74) is 5.41. The quantitative estimate of drug-likeness (QED) is 0.348. The van der Waals surface area contributed by atoms with Crippen molar-refractivity contribution in [3.63, 3.8) is 0 Å². The zero-order valence-electron chi connectivity index (χ0n) is 18.3. The lowest BCUT2D eigenvalue weighted by Gasteiger charge is -2.23. The molecule has 0 bridgehead atoms. The maximum atomic E-state index is 12.6. The number of aryl methyl sites for hydroxylation is 1. The van der Waals surface area contributed by atoms with Gasteiger partial charge in [-0.15, -0.1) is 12.4 Å². The Kier molecular flexibility index (Phi) is 6.87. The first-order valence-electron chi connectivity index (χ1n) is 10.9. The van der Waals surface area contributed by atoms with E-state index in [1.165, 1.54) is 5.56 Å². The molecule has 1 unspecified atom stereocenters. The zero-order valence-corrected chi connectivity index (χ0v) is 19.9. The van der Waals surface area contributed by atoms with Crippen LogP contribution in [0.1, 0.15) is 34.0 Å². The van der Waals surface area contributed by atoms with Gasteiger partial charge in [-0.3, -0.25) is 9.78 Å². The second-order valence-corrected chi connectivity index (χ2v) is 8.63. The molecule has 6 heteroatoms. The molecule has 1 saturated heterocycles. The van der Waals surface area contributed by atoms with E-state index in [2.05, 4.69) is 40.5 Å². The lowest BCUT2D eigenvalue weighted by Crippen LogP contribution is -2.20. The number of nitrogens with zero attached hydrogens (tertiary/aromatic N) is 2. The molecule has 1 atom stereocenters. The van der Waals surface area contributed by atoms with Crippen LogP contribution >= 0.6 is 24.0 Å². The van der Waals surface area contributed by atoms with Crippen LogP contribution in [0.25, 0.3) is 10.9 Å². The van der Waals surface area contributed by atoms with Gasteiger partial charge < -0.3 is 10.2 Å². The van der Waals surface area contributed by atoms with Gasteiger partial charge in [0.25, 0.3) is 5.91 Å². The maximum Gasteiger partial charge on any atom is 0.255 e. The van der Waals surface area contributed by atoms with Gasteiger partial charge in [-0.25, -0.2) is 0 Å². The molecule has 2 heterocycles. The number of hydrogen-bond donors (Lipinski definition) is 1. The Hall–Kier alpha value is -3.08. The summed E-state index contributed by atoms with van der Waals surface area (Å²) in [6.45, 7) is 3.78. The average Bonchev–Trinajstić information content (AvgIpc) is 3.31. The minimum atomic E-state index is -0.136. The minimum Gasteiger partial charge on any atom is -0.369 e. The van der Waals surface area contributed by atoms with Crippen molar-refractivity contribution in [2.45, 2.75) is 19.3 Å². The summed E-state index contributed by atoms with van der Waals surface area (Å²) in [7, 11) is 0. The largest absolute Gasteiger partial charge is 0.369 e. The molecule has 4 nitrogen and oxygen atoms in total. The van der Waals surface area contributed by atoms with Gasteiger partial charge in [0.05, 0.1) is 21.9 Å². The number of amides is 1. The highest BCUT2D eigenvalue weighted by atomic mass is 35.5. The molecule has 1 amide bonds. The predicted octanol–water partition coefficient (Wildman–Crippen LogP) is 6.86. The second-order valence-electron chi connectivity index (χ2n) is 8.25. The van der Waals surface area contributed by atoms with Gasteiger partial charge in [-0.1, -0.05) is 60.1 Å². The van der Waals surface area contributed by atoms with Crippen LogP contribution in [0.15, 0.2) is 78.9 Å². The van der Waals surface area contributed by atoms with E-state index in [0.717, 1.165) is 47.5 Å². The number of fused-ring (bicyclic) bond motifs is 1. The zero-order chi connectivity index (χ0) is 22.1. The van der Waals surface area contributed by atoms with Crippen molar-refractivity contribution >= 4 is 52.2 Å². The number of carbonyl (C=O) groups is 1. The fourth-order valence-electron chi connectivity index (χ4n) is 4.48. The molecule has 0 aliphatic carbocycles. The van der Waals surface area contributed by atoms with Crippen molar-refractivity contribution in [3.8, 4) is 0 Å². The third-order valence-corrected chi connectivity index (χ3v) is 6.59. The standard InChI is InChI=1S/C27H24ClN3O.ClH/c1-18-25(28)26(31-15-14-21(17-31)19-8-4-2-5-9-19)23-16-22(12-13-24(23)29-18)30-27(32)20-10-6-3-7-11-20;/h2-13,16,21H,14-15,17H2,1H3,(H,30,32);1H. The van der Waals surface area contributed by atoms with Gasteiger partial charge in [-0.05, 0) is 49.2 Å². The maximum absolute atomic E-state index is 12.6. The van der Waals surface area contributed by atoms with Gasteiger partial charge >= 0.3 is 0 Å². The highest BCUT2D eigenvalue weighted by molar-refractivity contribution is 6.35. The molecule has 5 rings (SSSR count). The number of pyridine rings is 1. The predicted molar refractivity (Wildman–Crippen MR) is 139 cm³/mol. The topological polar surface area (TPSA) is 45.2 Å². The van der Waals surface area contributed by atoms with E-state index in [-0.39, 0.29) is 18.3 Å². The highest BCUT2D eigenvalue weighted by Gasteiger charge is 2.27. The summed E-state index contributed by atoms with van der Waals surface area (Å²) in [6.07, 6.45) is 1.08. The summed E-state index contributed by atoms with van der Waals surface area (Å²) in [6, 6.07) is 25.7. The number of hydrogen-bond acceptors (Lipinski definition) is 3. The first-order valence-corrected chi connectivity index (χ1v) is 11.2. The number of aromatic nitrogens is 1. The second kappa shape index (κ2) is 9.82. The van der Waals surface area contributed by atoms with Crippen molar-refractivity contribution in [1.29, 1.82) is 0 Å². The normalized spacial score (nSPS) is 15.3. The van der Waals surface area contributed by atoms with Crippen LogP contribution in [0, 0.1) is 6.92 Å². The number of nitrogens with one attached hydrogen (secondary N) is 1. The number of benzene rings is 3. The number of carbonyl (C=O) groups excluding carboxylic acids is 1. The summed E-state index contributed by atoms with van der Waals surface area (Å²) in [4.78, 5) is 19.7. The molecule has 1 aromatic heterocycles. The van der Waals surface area contributed by atoms with E-state index >= 15 is 0 Å². The van der Waals surface area contributed by atoms with Gasteiger partial charge in [-0.2, -0.15) is 0 Å². The summed E-state index contributed by atoms with van der Waals surface area (Å²) < 4.78 is 0. The van der Waals surface area contributed by atoms with Crippen LogP contribution in [0.4, 0.5) is 11.4 Å². The summed E-state index contributed by atoms with van der Waals surface area (Å²) in [5, 5.41) is 4.65. The monoisotopic (exact) mass is 477 g/mol. The molecule has 0 radical (unpaired) electrons. The van der Waals surface area contributed by atoms with Gasteiger partial charge in [0.1, 0.15) is 0 Å². The Morgan fingerprint density at radius 2 is 1.73 bits per heavy atom. The SMILES string of the molecule is Cc1nc2ccc(NC(=O)c3ccccc3)cc2c(N2CCC(c3ccccc3)C2)c1Cl.Cl. The molecule has 1 aliphatic rings. The smallest absolute Gasteiger partial charge is 0.255 e. The molecule has 1 fully saturated rings. The van der Waals surface area contributed by atoms with Crippen LogP contribution in [0.5, 0.6) is 0 Å². The Morgan fingerprint density at radius 3 is 2.45 bits per heavy atom. The third kappa shape index (κ3) is 4.68. The first-order chi connectivity index (χ1) is 15.6. The Bertz CT molecular complexity index is 1280. The summed E-state index contributed by atoms with van der Waals surface area (Å²) >= 11 is 6.81. The molecule has 1 aliphatic heterocycles. The van der Waals surface area contributed by atoms with E-state index in [9.17, 15) is 4.79 Å². The lowest BCUT2D eigenvalue weighted by atomic mass is 9.99. The highest BCUT2D eigenvalue weighted by Crippen LogP contribution is 2.40. The third-order valence-electron chi connectivity index (χ3n) is 6.13. The van der Waals surface area contributed by atoms with E-state index in [0.29, 0.717) is 16.5 Å². The van der Waals surface area contributed by atoms with E-state index < -0.39 is 0 Å². The molecule has 33 heavy (non-hydrogen) atoms. The van der Waals surface area contributed by atoms with Gasteiger partial charge in [0.15, 0.2) is 0 Å². The molecule has 0 saturated carbocycles. The van der Waals surface area contributed by atoms with Crippen LogP contribution in [-0.2, 0) is 0 Å². The van der Waals surface area contributed by atoms with Crippen LogP contribution < -0.4 is 10.2 Å². The average molecular weight is 478 g/mol. The molecular weight excluding hydrogens is 453 g/mol. The molecule has 3 aromatic carbocycles. The summed E-state index contributed by atoms with van der Waals surface area (Å²) in [5.74, 6) is 0.333. The van der Waals surface area contributed by atoms with E-state index in [1.807, 2.05) is 43.3 Å². The van der Waals surface area contributed by atoms with Gasteiger partial charge in [0.2, 0.25) is 0 Å². The molecule has 1 N–H and O–H groups in total. The lowest BCUT2D eigenvalue weighted by molar-refractivity contribution is 0.102. The van der Waals surface area contributed by atoms with Crippen molar-refractivity contribution in [2.24, 2.45) is 0 Å².